The molecule has 2 aromatic rings. The molecule has 0 unspecified atom stereocenters. The predicted octanol–water partition coefficient (Wildman–Crippen LogP) is 2.58. The van der Waals surface area contributed by atoms with Gasteiger partial charge in [-0.1, -0.05) is 0 Å². The fraction of sp³-hybridized carbons (Fsp3) is 0.464. The Morgan fingerprint density at radius 3 is 2.46 bits per heavy atom. The smallest absolute Gasteiger partial charge is 0.354 e. The van der Waals surface area contributed by atoms with Crippen molar-refractivity contribution < 1.29 is 38.4 Å². The first kappa shape index (κ1) is 28.2. The van der Waals surface area contributed by atoms with Gasteiger partial charge in [0.1, 0.15) is 23.0 Å². The molecule has 2 saturated heterocycles. The van der Waals surface area contributed by atoms with E-state index in [1.807, 2.05) is 0 Å². The summed E-state index contributed by atoms with van der Waals surface area (Å²) in [6.45, 7) is 7.26. The molecule has 3 heterocycles. The zero-order valence-corrected chi connectivity index (χ0v) is 23.0. The number of Topliss-reactive ketones (excluding diaryl/α,β-unsaturated/α-hetero) is 1. The Bertz CT molecular complexity index is 1290. The maximum Gasteiger partial charge on any atom is 0.354 e. The third-order valence-electron chi connectivity index (χ3n) is 7.31. The predicted molar refractivity (Wildman–Crippen MR) is 142 cm³/mol. The van der Waals surface area contributed by atoms with Crippen molar-refractivity contribution in [3.63, 3.8) is 0 Å². The summed E-state index contributed by atoms with van der Waals surface area (Å²) >= 11 is 0. The highest BCUT2D eigenvalue weighted by Crippen LogP contribution is 2.44. The molecular formula is C28H35N3O8. The van der Waals surface area contributed by atoms with Crippen molar-refractivity contribution in [1.29, 1.82) is 0 Å². The van der Waals surface area contributed by atoms with Crippen molar-refractivity contribution >= 4 is 23.4 Å². The van der Waals surface area contributed by atoms with E-state index >= 15 is 0 Å². The maximum atomic E-state index is 13.5. The van der Waals surface area contributed by atoms with E-state index in [-0.39, 0.29) is 29.1 Å². The van der Waals surface area contributed by atoms with Crippen LogP contribution in [0.25, 0.3) is 5.76 Å². The molecule has 0 radical (unpaired) electrons. The SMILES string of the molecule is COC(=O)c1[nH]c(C)c(C(O)=C2C(=O)C(=O)N(CCCN3CCOCC3)[C@H]2c2cc(OC)ccc2OC)c1C. The third kappa shape index (κ3) is 5.37. The minimum atomic E-state index is -0.935. The zero-order chi connectivity index (χ0) is 28.3. The Balaban J connectivity index is 1.82. The average Bonchev–Trinajstić information content (AvgIpc) is 3.39. The summed E-state index contributed by atoms with van der Waals surface area (Å²) in [6.07, 6.45) is 0.616. The summed E-state index contributed by atoms with van der Waals surface area (Å²) in [4.78, 5) is 45.9. The van der Waals surface area contributed by atoms with Crippen LogP contribution in [-0.4, -0.2) is 98.3 Å². The molecule has 2 N–H and O–H groups in total. The molecule has 0 spiro atoms. The first-order valence-corrected chi connectivity index (χ1v) is 12.8. The van der Waals surface area contributed by atoms with E-state index in [1.165, 1.54) is 26.2 Å². The molecule has 39 heavy (non-hydrogen) atoms. The number of methoxy groups -OCH3 is 3. The number of esters is 1. The van der Waals surface area contributed by atoms with Gasteiger partial charge in [0.2, 0.25) is 0 Å². The molecule has 1 aromatic carbocycles. The Kier molecular flexibility index (Phi) is 8.61. The van der Waals surface area contributed by atoms with Crippen LogP contribution in [0.2, 0.25) is 0 Å². The maximum absolute atomic E-state index is 13.5. The van der Waals surface area contributed by atoms with Gasteiger partial charge in [0.05, 0.1) is 46.2 Å². The molecule has 2 aliphatic heterocycles. The van der Waals surface area contributed by atoms with Crippen molar-refractivity contribution in [2.45, 2.75) is 26.3 Å². The van der Waals surface area contributed by atoms with Crippen LogP contribution in [0.5, 0.6) is 11.5 Å². The number of aliphatic hydroxyl groups is 1. The zero-order valence-electron chi connectivity index (χ0n) is 23.0. The lowest BCUT2D eigenvalue weighted by atomic mass is 9.93. The number of nitrogens with zero attached hydrogens (tertiary/aromatic N) is 2. The van der Waals surface area contributed by atoms with Gasteiger partial charge < -0.3 is 33.9 Å². The molecular weight excluding hydrogens is 506 g/mol. The van der Waals surface area contributed by atoms with E-state index in [2.05, 4.69) is 9.88 Å². The summed E-state index contributed by atoms with van der Waals surface area (Å²) in [6, 6.07) is 4.18. The summed E-state index contributed by atoms with van der Waals surface area (Å²) in [5, 5.41) is 11.6. The number of carbonyl (C=O) groups is 3. The van der Waals surface area contributed by atoms with Gasteiger partial charge in [0.15, 0.2) is 0 Å². The number of ether oxygens (including phenoxy) is 4. The van der Waals surface area contributed by atoms with Crippen molar-refractivity contribution in [2.75, 3.05) is 60.7 Å². The van der Waals surface area contributed by atoms with Gasteiger partial charge in [0.25, 0.3) is 11.7 Å². The number of likely N-dealkylation sites (tertiary alicyclic amines) is 1. The number of aromatic nitrogens is 1. The monoisotopic (exact) mass is 541 g/mol. The highest BCUT2D eigenvalue weighted by molar-refractivity contribution is 6.46. The number of aliphatic hydroxyl groups excluding tert-OH is 1. The number of aromatic amines is 1. The number of rotatable bonds is 9. The Morgan fingerprint density at radius 2 is 1.82 bits per heavy atom. The van der Waals surface area contributed by atoms with Crippen LogP contribution in [-0.2, 0) is 19.1 Å². The molecule has 0 saturated carbocycles. The molecule has 1 amide bonds. The molecule has 11 heteroatoms. The van der Waals surface area contributed by atoms with Crippen molar-refractivity contribution in [1.82, 2.24) is 14.8 Å². The van der Waals surface area contributed by atoms with E-state index in [0.717, 1.165) is 19.6 Å². The van der Waals surface area contributed by atoms with Crippen LogP contribution in [0.15, 0.2) is 23.8 Å². The van der Waals surface area contributed by atoms with Crippen LogP contribution in [0, 0.1) is 13.8 Å². The van der Waals surface area contributed by atoms with E-state index in [1.54, 1.807) is 32.0 Å². The number of hydrogen-bond donors (Lipinski definition) is 2. The number of hydrogen-bond acceptors (Lipinski definition) is 9. The number of ketones is 1. The lowest BCUT2D eigenvalue weighted by Crippen LogP contribution is -2.39. The molecule has 1 atom stereocenters. The number of carbonyl (C=O) groups excluding carboxylic acids is 3. The number of H-pyrrole nitrogens is 1. The molecule has 2 fully saturated rings. The second-order valence-corrected chi connectivity index (χ2v) is 9.52. The number of morpholine rings is 1. The van der Waals surface area contributed by atoms with E-state index < -0.39 is 23.7 Å². The van der Waals surface area contributed by atoms with Crippen molar-refractivity contribution in [3.05, 3.63) is 51.9 Å². The second-order valence-electron chi connectivity index (χ2n) is 9.52. The van der Waals surface area contributed by atoms with E-state index in [4.69, 9.17) is 18.9 Å². The van der Waals surface area contributed by atoms with Gasteiger partial charge >= 0.3 is 5.97 Å². The van der Waals surface area contributed by atoms with Gasteiger partial charge in [-0.05, 0) is 44.0 Å². The van der Waals surface area contributed by atoms with E-state index in [9.17, 15) is 19.5 Å². The quantitative estimate of drug-likeness (QED) is 0.213. The number of aryl methyl sites for hydroxylation is 1. The lowest BCUT2D eigenvalue weighted by molar-refractivity contribution is -0.140. The van der Waals surface area contributed by atoms with Gasteiger partial charge in [-0.3, -0.25) is 14.5 Å². The van der Waals surface area contributed by atoms with Gasteiger partial charge in [-0.2, -0.15) is 0 Å². The molecule has 1 aromatic heterocycles. The standard InChI is InChI=1S/C28H35N3O8/c1-16-21(17(2)29-23(16)28(35)38-5)25(32)22-24(19-15-18(36-3)7-8-20(19)37-4)31(27(34)26(22)33)10-6-9-30-11-13-39-14-12-30/h7-8,15,24,29,32H,6,9-14H2,1-5H3/t24-/m0/s1. The Hall–Kier alpha value is -3.83. The lowest BCUT2D eigenvalue weighted by Gasteiger charge is -2.29. The first-order valence-electron chi connectivity index (χ1n) is 12.8. The van der Waals surface area contributed by atoms with E-state index in [0.29, 0.717) is 48.0 Å². The Morgan fingerprint density at radius 1 is 1.10 bits per heavy atom. The highest BCUT2D eigenvalue weighted by Gasteiger charge is 2.47. The molecule has 0 bridgehead atoms. The molecule has 210 valence electrons. The summed E-state index contributed by atoms with van der Waals surface area (Å²) in [5.74, 6) is -1.57. The third-order valence-corrected chi connectivity index (χ3v) is 7.31. The normalized spacial score (nSPS) is 19.4. The van der Waals surface area contributed by atoms with Crippen LogP contribution in [0.4, 0.5) is 0 Å². The Labute approximate surface area is 227 Å². The molecule has 2 aliphatic rings. The van der Waals surface area contributed by atoms with Crippen molar-refractivity contribution in [2.24, 2.45) is 0 Å². The topological polar surface area (TPSA) is 131 Å². The fourth-order valence-electron chi connectivity index (χ4n) is 5.32. The number of nitrogens with one attached hydrogen (secondary N) is 1. The minimum Gasteiger partial charge on any atom is -0.507 e. The van der Waals surface area contributed by atoms with Crippen LogP contribution in [0.1, 0.15) is 45.3 Å². The summed E-state index contributed by atoms with van der Waals surface area (Å²) < 4.78 is 21.3. The molecule has 4 rings (SSSR count). The minimum absolute atomic E-state index is 0.0838. The summed E-state index contributed by atoms with van der Waals surface area (Å²) in [7, 11) is 4.28. The van der Waals surface area contributed by atoms with Gasteiger partial charge in [-0.15, -0.1) is 0 Å². The van der Waals surface area contributed by atoms with Crippen LogP contribution < -0.4 is 9.47 Å². The first-order chi connectivity index (χ1) is 18.7. The van der Waals surface area contributed by atoms with Gasteiger partial charge in [0, 0.05) is 43.0 Å². The average molecular weight is 542 g/mol. The fourth-order valence-corrected chi connectivity index (χ4v) is 5.32. The molecule has 0 aliphatic carbocycles. The van der Waals surface area contributed by atoms with Crippen LogP contribution in [0.3, 0.4) is 0 Å². The second kappa shape index (κ2) is 11.9. The van der Waals surface area contributed by atoms with Crippen molar-refractivity contribution in [3.8, 4) is 11.5 Å². The van der Waals surface area contributed by atoms with Gasteiger partial charge in [-0.25, -0.2) is 4.79 Å². The largest absolute Gasteiger partial charge is 0.507 e. The number of amides is 1. The number of benzene rings is 1. The van der Waals surface area contributed by atoms with Crippen LogP contribution >= 0.6 is 0 Å². The highest BCUT2D eigenvalue weighted by atomic mass is 16.5. The molecule has 11 nitrogen and oxygen atoms in total. The summed E-state index contributed by atoms with van der Waals surface area (Å²) in [5.41, 5.74) is 1.72.